The molecule has 0 atom stereocenters. The van der Waals surface area contributed by atoms with Crippen LogP contribution < -0.4 is 4.90 Å². The highest BCUT2D eigenvalue weighted by Crippen LogP contribution is 2.36. The minimum Gasteiger partial charge on any atom is -0.310 e. The summed E-state index contributed by atoms with van der Waals surface area (Å²) in [5, 5.41) is 2.29. The lowest BCUT2D eigenvalue weighted by atomic mass is 10.1. The fourth-order valence-electron chi connectivity index (χ4n) is 3.19. The number of halogens is 1. The minimum atomic E-state index is -0.0350. The first-order chi connectivity index (χ1) is 12.6. The van der Waals surface area contributed by atoms with Gasteiger partial charge in [-0.2, -0.15) is 0 Å². The van der Waals surface area contributed by atoms with Crippen LogP contribution in [0.2, 0.25) is 5.15 Å². The number of nitrogens with zero attached hydrogens (tertiary/aromatic N) is 2. The maximum atomic E-state index is 13.1. The van der Waals surface area contributed by atoms with Gasteiger partial charge in [0.2, 0.25) is 0 Å². The molecule has 0 aliphatic rings. The molecular formula is C21H17ClN2OS. The Morgan fingerprint density at radius 3 is 2.65 bits per heavy atom. The Morgan fingerprint density at radius 2 is 1.85 bits per heavy atom. The van der Waals surface area contributed by atoms with Crippen molar-refractivity contribution in [1.82, 2.24) is 4.98 Å². The molecule has 0 bridgehead atoms. The van der Waals surface area contributed by atoms with Crippen LogP contribution in [0.3, 0.4) is 0 Å². The van der Waals surface area contributed by atoms with Crippen LogP contribution in [0.25, 0.3) is 21.0 Å². The van der Waals surface area contributed by atoms with Gasteiger partial charge in [-0.3, -0.25) is 4.79 Å². The summed E-state index contributed by atoms with van der Waals surface area (Å²) >= 11 is 7.84. The topological polar surface area (TPSA) is 33.2 Å². The normalized spacial score (nSPS) is 11.2. The second kappa shape index (κ2) is 6.71. The lowest BCUT2D eigenvalue weighted by Crippen LogP contribution is -2.26. The smallest absolute Gasteiger partial charge is 0.268 e. The third-order valence-corrected chi connectivity index (χ3v) is 6.02. The van der Waals surface area contributed by atoms with Crippen molar-refractivity contribution in [3.8, 4) is 0 Å². The van der Waals surface area contributed by atoms with Crippen molar-refractivity contribution >= 4 is 55.5 Å². The summed E-state index contributed by atoms with van der Waals surface area (Å²) in [7, 11) is 1.82. The van der Waals surface area contributed by atoms with Crippen molar-refractivity contribution in [3.63, 3.8) is 0 Å². The van der Waals surface area contributed by atoms with Gasteiger partial charge in [-0.25, -0.2) is 4.98 Å². The Hall–Kier alpha value is -2.43. The number of fused-ring (bicyclic) bond motifs is 3. The number of anilines is 1. The molecule has 0 fully saturated rings. The molecule has 2 aromatic heterocycles. The summed E-state index contributed by atoms with van der Waals surface area (Å²) in [5.74, 6) is -0.0350. The molecule has 0 N–H and O–H groups in total. The minimum absolute atomic E-state index is 0.0350. The van der Waals surface area contributed by atoms with Crippen molar-refractivity contribution in [2.45, 2.75) is 13.3 Å². The number of carbonyl (C=O) groups excluding carboxylic acids is 1. The molecule has 130 valence electrons. The van der Waals surface area contributed by atoms with Crippen LogP contribution in [-0.2, 0) is 6.42 Å². The number of rotatable bonds is 3. The molecule has 0 radical (unpaired) electrons. The number of carbonyl (C=O) groups is 1. The van der Waals surface area contributed by atoms with E-state index in [-0.39, 0.29) is 5.91 Å². The fraction of sp³-hybridized carbons (Fsp3) is 0.143. The highest BCUT2D eigenvalue weighted by molar-refractivity contribution is 7.22. The second-order valence-electron chi connectivity index (χ2n) is 6.12. The zero-order chi connectivity index (χ0) is 18.3. The molecule has 0 saturated heterocycles. The van der Waals surface area contributed by atoms with Crippen molar-refractivity contribution < 1.29 is 4.79 Å². The maximum Gasteiger partial charge on any atom is 0.268 e. The summed E-state index contributed by atoms with van der Waals surface area (Å²) < 4.78 is 1.00. The van der Waals surface area contributed by atoms with Crippen LogP contribution in [0.5, 0.6) is 0 Å². The SMILES string of the molecule is CCc1ccccc1N(C)C(=O)c1cc2c(Cl)nc3ccccc3c2s1. The van der Waals surface area contributed by atoms with Crippen LogP contribution in [-0.4, -0.2) is 17.9 Å². The Balaban J connectivity index is 1.82. The number of aryl methyl sites for hydroxylation is 1. The van der Waals surface area contributed by atoms with Gasteiger partial charge < -0.3 is 4.90 Å². The van der Waals surface area contributed by atoms with E-state index in [4.69, 9.17) is 11.6 Å². The van der Waals surface area contributed by atoms with Gasteiger partial charge in [0.1, 0.15) is 5.15 Å². The lowest BCUT2D eigenvalue weighted by molar-refractivity contribution is 0.0996. The lowest BCUT2D eigenvalue weighted by Gasteiger charge is -2.19. The second-order valence-corrected chi connectivity index (χ2v) is 7.53. The van der Waals surface area contributed by atoms with E-state index in [1.165, 1.54) is 11.3 Å². The van der Waals surface area contributed by atoms with Gasteiger partial charge in [-0.05, 0) is 30.2 Å². The summed E-state index contributed by atoms with van der Waals surface area (Å²) in [6.07, 6.45) is 0.876. The zero-order valence-corrected chi connectivity index (χ0v) is 16.1. The van der Waals surface area contributed by atoms with Gasteiger partial charge in [0.05, 0.1) is 10.4 Å². The number of benzene rings is 2. The summed E-state index contributed by atoms with van der Waals surface area (Å²) in [6.45, 7) is 2.09. The van der Waals surface area contributed by atoms with Crippen LogP contribution in [0.1, 0.15) is 22.2 Å². The van der Waals surface area contributed by atoms with Crippen LogP contribution >= 0.6 is 22.9 Å². The molecular weight excluding hydrogens is 364 g/mol. The largest absolute Gasteiger partial charge is 0.310 e. The fourth-order valence-corrected chi connectivity index (χ4v) is 4.66. The number of thiophene rings is 1. The monoisotopic (exact) mass is 380 g/mol. The Labute approximate surface area is 160 Å². The van der Waals surface area contributed by atoms with Gasteiger partial charge >= 0.3 is 0 Å². The van der Waals surface area contributed by atoms with E-state index < -0.39 is 0 Å². The molecule has 2 heterocycles. The average molecular weight is 381 g/mol. The van der Waals surface area contributed by atoms with E-state index in [0.717, 1.165) is 38.7 Å². The van der Waals surface area contributed by atoms with Crippen LogP contribution in [0, 0.1) is 0 Å². The molecule has 2 aromatic carbocycles. The Morgan fingerprint density at radius 1 is 1.12 bits per heavy atom. The molecule has 0 unspecified atom stereocenters. The standard InChI is InChI=1S/C21H17ClN2OS/c1-3-13-8-4-7-11-17(13)24(2)21(25)18-12-15-19(26-18)14-9-5-6-10-16(14)23-20(15)22/h4-12H,3H2,1-2H3. The van der Waals surface area contributed by atoms with E-state index in [0.29, 0.717) is 10.0 Å². The first-order valence-electron chi connectivity index (χ1n) is 8.44. The summed E-state index contributed by atoms with van der Waals surface area (Å²) in [4.78, 5) is 19.9. The summed E-state index contributed by atoms with van der Waals surface area (Å²) in [6, 6.07) is 17.7. The highest BCUT2D eigenvalue weighted by atomic mass is 35.5. The number of hydrogen-bond donors (Lipinski definition) is 0. The molecule has 0 saturated carbocycles. The molecule has 0 spiro atoms. The van der Waals surface area contributed by atoms with E-state index in [9.17, 15) is 4.79 Å². The van der Waals surface area contributed by atoms with E-state index in [2.05, 4.69) is 18.0 Å². The molecule has 1 amide bonds. The average Bonchev–Trinajstić information content (AvgIpc) is 3.13. The molecule has 3 nitrogen and oxygen atoms in total. The Kier molecular flexibility index (Phi) is 4.39. The van der Waals surface area contributed by atoms with Crippen molar-refractivity contribution in [3.05, 3.63) is 70.2 Å². The predicted molar refractivity (Wildman–Crippen MR) is 111 cm³/mol. The van der Waals surface area contributed by atoms with Gasteiger partial charge in [0.15, 0.2) is 0 Å². The summed E-state index contributed by atoms with van der Waals surface area (Å²) in [5.41, 5.74) is 2.93. The van der Waals surface area contributed by atoms with Gasteiger partial charge in [-0.1, -0.05) is 54.9 Å². The van der Waals surface area contributed by atoms with Crippen LogP contribution in [0.15, 0.2) is 54.6 Å². The molecule has 0 aliphatic carbocycles. The van der Waals surface area contributed by atoms with Crippen molar-refractivity contribution in [2.24, 2.45) is 0 Å². The Bertz CT molecular complexity index is 1140. The zero-order valence-electron chi connectivity index (χ0n) is 14.5. The molecule has 0 aliphatic heterocycles. The highest BCUT2D eigenvalue weighted by Gasteiger charge is 2.20. The first-order valence-corrected chi connectivity index (χ1v) is 9.63. The quantitative estimate of drug-likeness (QED) is 0.412. The van der Waals surface area contributed by atoms with Crippen molar-refractivity contribution in [2.75, 3.05) is 11.9 Å². The number of aromatic nitrogens is 1. The maximum absolute atomic E-state index is 13.1. The molecule has 4 aromatic rings. The van der Waals surface area contributed by atoms with E-state index >= 15 is 0 Å². The van der Waals surface area contributed by atoms with Gasteiger partial charge in [0.25, 0.3) is 5.91 Å². The van der Waals surface area contributed by atoms with E-state index in [1.807, 2.05) is 55.6 Å². The number of amides is 1. The van der Waals surface area contributed by atoms with Crippen molar-refractivity contribution in [1.29, 1.82) is 0 Å². The van der Waals surface area contributed by atoms with Crippen LogP contribution in [0.4, 0.5) is 5.69 Å². The molecule has 5 heteroatoms. The molecule has 4 rings (SSSR count). The van der Waals surface area contributed by atoms with E-state index in [1.54, 1.807) is 4.90 Å². The third kappa shape index (κ3) is 2.75. The first kappa shape index (κ1) is 17.0. The van der Waals surface area contributed by atoms with Gasteiger partial charge in [0, 0.05) is 28.2 Å². The number of para-hydroxylation sites is 2. The number of pyridine rings is 1. The number of hydrogen-bond acceptors (Lipinski definition) is 3. The third-order valence-electron chi connectivity index (χ3n) is 4.57. The molecule has 26 heavy (non-hydrogen) atoms. The van der Waals surface area contributed by atoms with Gasteiger partial charge in [-0.15, -0.1) is 11.3 Å². The predicted octanol–water partition coefficient (Wildman–Crippen LogP) is 5.94.